The van der Waals surface area contributed by atoms with E-state index in [1.807, 2.05) is 0 Å². The molecule has 12 heteroatoms. The number of nitrogens with one attached hydrogen (secondary N) is 2. The van der Waals surface area contributed by atoms with Crippen molar-refractivity contribution in [3.63, 3.8) is 0 Å². The number of hydrogen-bond acceptors (Lipinski definition) is 2. The van der Waals surface area contributed by atoms with Crippen LogP contribution in [0.1, 0.15) is 48.5 Å². The first-order valence-corrected chi connectivity index (χ1v) is 9.66. The van der Waals surface area contributed by atoms with Gasteiger partial charge in [-0.3, -0.25) is 0 Å². The van der Waals surface area contributed by atoms with E-state index in [1.165, 1.54) is 41.5 Å². The van der Waals surface area contributed by atoms with Crippen molar-refractivity contribution in [2.24, 2.45) is 0 Å². The van der Waals surface area contributed by atoms with Crippen LogP contribution in [0.15, 0.2) is 11.8 Å². The molecule has 0 heterocycles. The average Bonchev–Trinajstić information content (AvgIpc) is 2.32. The topological polar surface area (TPSA) is 58.2 Å². The lowest BCUT2D eigenvalue weighted by Gasteiger charge is -2.34. The first-order chi connectivity index (χ1) is 11.1. The lowest BCUT2D eigenvalue weighted by Crippen LogP contribution is -2.57. The molecule has 156 valence electrons. The fourth-order valence-corrected chi connectivity index (χ4v) is 2.77. The fraction of sp³-hybridized carbons (Fsp3) is 0.857. The van der Waals surface area contributed by atoms with Crippen LogP contribution in [0.2, 0.25) is 0 Å². The van der Waals surface area contributed by atoms with Crippen LogP contribution in [0.3, 0.4) is 0 Å². The highest BCUT2D eigenvalue weighted by atomic mass is 32.2. The molecule has 0 amide bonds. The lowest BCUT2D eigenvalue weighted by molar-refractivity contribution is -0.172. The minimum Gasteiger partial charge on any atom is -0.300 e. The highest BCUT2D eigenvalue weighted by Crippen LogP contribution is 2.36. The molecule has 0 saturated carbocycles. The molecule has 2 N–H and O–H groups in total. The van der Waals surface area contributed by atoms with Gasteiger partial charge in [0.1, 0.15) is 22.2 Å². The van der Waals surface area contributed by atoms with Crippen molar-refractivity contribution in [1.82, 2.24) is 9.44 Å². The van der Waals surface area contributed by atoms with Crippen LogP contribution in [0, 0.1) is 0 Å². The van der Waals surface area contributed by atoms with E-state index in [4.69, 9.17) is 0 Å². The van der Waals surface area contributed by atoms with Crippen LogP contribution in [-0.4, -0.2) is 35.8 Å². The molecule has 0 aromatic heterocycles. The number of alkyl halides is 6. The summed E-state index contributed by atoms with van der Waals surface area (Å²) in [4.78, 5) is 0. The predicted molar refractivity (Wildman–Crippen MR) is 90.7 cm³/mol. The molecule has 26 heavy (non-hydrogen) atoms. The zero-order chi connectivity index (χ0) is 21.4. The van der Waals surface area contributed by atoms with E-state index >= 15 is 0 Å². The molecule has 0 aliphatic carbocycles. The van der Waals surface area contributed by atoms with Gasteiger partial charge in [-0.05, 0) is 54.5 Å². The summed E-state index contributed by atoms with van der Waals surface area (Å²) in [7, 11) is -4.63. The quantitative estimate of drug-likeness (QED) is 0.651. The summed E-state index contributed by atoms with van der Waals surface area (Å²) in [6.45, 7) is 8.63. The Morgan fingerprint density at radius 2 is 1.15 bits per heavy atom. The maximum Gasteiger partial charge on any atom is 0.431 e. The summed E-state index contributed by atoms with van der Waals surface area (Å²) >= 11 is 0. The first-order valence-electron chi connectivity index (χ1n) is 7.36. The summed E-state index contributed by atoms with van der Waals surface area (Å²) in [5.74, 6) is 0. The molecule has 0 unspecified atom stereocenters. The molecule has 0 saturated heterocycles. The third kappa shape index (κ3) is 7.18. The monoisotopic (exact) mass is 430 g/mol. The van der Waals surface area contributed by atoms with Crippen molar-refractivity contribution < 1.29 is 34.8 Å². The van der Waals surface area contributed by atoms with Gasteiger partial charge in [0.2, 0.25) is 0 Å². The van der Waals surface area contributed by atoms with E-state index in [0.717, 1.165) is 0 Å². The van der Waals surface area contributed by atoms with Crippen molar-refractivity contribution in [3.8, 4) is 0 Å². The van der Waals surface area contributed by atoms with Crippen LogP contribution in [0.5, 0.6) is 0 Å². The second-order valence-corrected chi connectivity index (χ2v) is 11.7. The molecular formula is C14H24F6N2O2S2. The molecule has 0 aromatic carbocycles. The molecular weight excluding hydrogens is 406 g/mol. The van der Waals surface area contributed by atoms with Gasteiger partial charge in [0.25, 0.3) is 0 Å². The largest absolute Gasteiger partial charge is 0.431 e. The second-order valence-electron chi connectivity index (χ2n) is 7.72. The maximum absolute atomic E-state index is 13.5. The molecule has 0 spiro atoms. The van der Waals surface area contributed by atoms with Crippen molar-refractivity contribution >= 4 is 22.0 Å². The van der Waals surface area contributed by atoms with Gasteiger partial charge in [0, 0.05) is 0 Å². The summed E-state index contributed by atoms with van der Waals surface area (Å²) < 4.78 is 105. The number of rotatable bonds is 5. The average molecular weight is 430 g/mol. The van der Waals surface area contributed by atoms with Gasteiger partial charge in [0.15, 0.2) is 0 Å². The van der Waals surface area contributed by atoms with E-state index in [1.54, 1.807) is 9.44 Å². The van der Waals surface area contributed by atoms with Crippen molar-refractivity contribution in [2.75, 3.05) is 0 Å². The van der Waals surface area contributed by atoms with Gasteiger partial charge in [-0.2, -0.15) is 26.3 Å². The molecule has 3 atom stereocenters. The van der Waals surface area contributed by atoms with E-state index in [0.29, 0.717) is 6.92 Å². The number of halogens is 6. The minimum absolute atomic E-state index is 0.166. The Bertz CT molecular complexity index is 588. The van der Waals surface area contributed by atoms with Crippen molar-refractivity contribution in [2.45, 2.75) is 75.9 Å². The van der Waals surface area contributed by atoms with Gasteiger partial charge >= 0.3 is 12.4 Å². The van der Waals surface area contributed by atoms with Crippen LogP contribution < -0.4 is 9.44 Å². The first kappa shape index (κ1) is 25.4. The SMILES string of the molecule is CC(C)(C)[S@](=O)N/C(=C\[C@@](C)(N[S@@](=O)C(C)(C)C)C(F)(F)F)C(F)(F)F. The molecule has 0 aliphatic rings. The standard InChI is InChI=1S/C14H24F6N2O2S2/c1-10(2,3)25(23)21-9(13(15,16)17)8-12(7,14(18,19)20)22-26(24)11(4,5)6/h8,21-22H,1-7H3/b9-8-/t12-,25+,26+/m1/s1. The van der Waals surface area contributed by atoms with Gasteiger partial charge < -0.3 is 4.72 Å². The van der Waals surface area contributed by atoms with Crippen molar-refractivity contribution in [3.05, 3.63) is 11.8 Å². The fourth-order valence-electron chi connectivity index (χ4n) is 1.23. The summed E-state index contributed by atoms with van der Waals surface area (Å²) in [5, 5.41) is 0. The third-order valence-electron chi connectivity index (χ3n) is 2.95. The molecule has 0 aliphatic heterocycles. The zero-order valence-corrected chi connectivity index (χ0v) is 17.1. The zero-order valence-electron chi connectivity index (χ0n) is 15.5. The maximum atomic E-state index is 13.5. The van der Waals surface area contributed by atoms with Crippen LogP contribution in [0.4, 0.5) is 26.3 Å². The Labute approximate surface area is 154 Å². The van der Waals surface area contributed by atoms with Crippen LogP contribution in [-0.2, 0) is 22.0 Å². The normalized spacial score (nSPS) is 19.7. The van der Waals surface area contributed by atoms with Gasteiger partial charge in [-0.15, -0.1) is 0 Å². The molecule has 0 fully saturated rings. The van der Waals surface area contributed by atoms with E-state index in [2.05, 4.69) is 0 Å². The van der Waals surface area contributed by atoms with E-state index < -0.39 is 55.1 Å². The molecule has 4 nitrogen and oxygen atoms in total. The summed E-state index contributed by atoms with van der Waals surface area (Å²) in [6.07, 6.45) is -10.6. The highest BCUT2D eigenvalue weighted by Gasteiger charge is 2.53. The van der Waals surface area contributed by atoms with Crippen LogP contribution in [0.25, 0.3) is 0 Å². The molecule has 0 aromatic rings. The van der Waals surface area contributed by atoms with Gasteiger partial charge in [-0.25, -0.2) is 13.1 Å². The Hall–Kier alpha value is -0.620. The Morgan fingerprint density at radius 1 is 0.769 bits per heavy atom. The number of allylic oxidation sites excluding steroid dienone is 1. The van der Waals surface area contributed by atoms with E-state index in [9.17, 15) is 34.8 Å². The molecule has 0 rings (SSSR count). The van der Waals surface area contributed by atoms with E-state index in [-0.39, 0.29) is 6.08 Å². The van der Waals surface area contributed by atoms with Crippen molar-refractivity contribution in [1.29, 1.82) is 0 Å². The van der Waals surface area contributed by atoms with Gasteiger partial charge in [-0.1, -0.05) is 0 Å². The second kappa shape index (κ2) is 7.78. The smallest absolute Gasteiger partial charge is 0.300 e. The summed E-state index contributed by atoms with van der Waals surface area (Å²) in [6, 6.07) is 0. The van der Waals surface area contributed by atoms with Gasteiger partial charge in [0.05, 0.1) is 20.5 Å². The third-order valence-corrected chi connectivity index (χ3v) is 6.19. The Balaban J connectivity index is 6.19. The Kier molecular flexibility index (Phi) is 7.60. The predicted octanol–water partition coefficient (Wildman–Crippen LogP) is 3.86. The summed E-state index contributed by atoms with van der Waals surface area (Å²) in [5.41, 5.74) is -5.10. The minimum atomic E-state index is -5.22. The Morgan fingerprint density at radius 3 is 1.42 bits per heavy atom. The molecule has 0 radical (unpaired) electrons. The lowest BCUT2D eigenvalue weighted by atomic mass is 10.0. The van der Waals surface area contributed by atoms with Crippen LogP contribution >= 0.6 is 0 Å². The number of hydrogen-bond donors (Lipinski definition) is 2. The highest BCUT2D eigenvalue weighted by molar-refractivity contribution is 7.84. The molecule has 0 bridgehead atoms.